The van der Waals surface area contributed by atoms with Gasteiger partial charge in [0.15, 0.2) is 0 Å². The number of rotatable bonds is 6. The number of nitrogens with one attached hydrogen (secondary N) is 1. The maximum Gasteiger partial charge on any atom is 0.389 e. The van der Waals surface area contributed by atoms with E-state index in [0.29, 0.717) is 12.3 Å². The minimum atomic E-state index is -4.15. The Hall–Kier alpha value is -0.750. The number of hydrogen-bond donors (Lipinski definition) is 1. The van der Waals surface area contributed by atoms with Crippen LogP contribution in [0.4, 0.5) is 13.2 Å². The van der Waals surface area contributed by atoms with Crippen molar-refractivity contribution in [2.45, 2.75) is 38.9 Å². The quantitative estimate of drug-likeness (QED) is 0.795. The number of hydrogen-bond acceptors (Lipinski definition) is 2. The van der Waals surface area contributed by atoms with Gasteiger partial charge >= 0.3 is 6.18 Å². The van der Waals surface area contributed by atoms with Gasteiger partial charge in [0.1, 0.15) is 5.75 Å². The molecule has 0 bridgehead atoms. The van der Waals surface area contributed by atoms with Crippen molar-refractivity contribution in [3.05, 3.63) is 27.7 Å². The number of alkyl halides is 3. The maximum atomic E-state index is 12.4. The Morgan fingerprint density at radius 1 is 1.35 bits per heavy atom. The third kappa shape index (κ3) is 4.98. The normalized spacial score (nSPS) is 13.3. The molecule has 20 heavy (non-hydrogen) atoms. The van der Waals surface area contributed by atoms with Crippen molar-refractivity contribution in [2.24, 2.45) is 0 Å². The smallest absolute Gasteiger partial charge is 0.389 e. The third-order valence-electron chi connectivity index (χ3n) is 3.05. The van der Waals surface area contributed by atoms with E-state index in [9.17, 15) is 13.2 Å². The van der Waals surface area contributed by atoms with Crippen LogP contribution in [0, 0.1) is 6.92 Å². The first-order valence-electron chi connectivity index (χ1n) is 6.42. The van der Waals surface area contributed by atoms with E-state index >= 15 is 0 Å². The number of halogens is 4. The van der Waals surface area contributed by atoms with Gasteiger partial charge in [0.25, 0.3) is 0 Å². The molecule has 1 unspecified atom stereocenters. The SMILES string of the molecule is CCNC(CCC(F)(F)F)c1cc(Br)c(C)cc1OC. The highest BCUT2D eigenvalue weighted by molar-refractivity contribution is 9.10. The molecule has 1 N–H and O–H groups in total. The molecule has 0 spiro atoms. The highest BCUT2D eigenvalue weighted by Crippen LogP contribution is 2.35. The van der Waals surface area contributed by atoms with Crippen molar-refractivity contribution in [2.75, 3.05) is 13.7 Å². The Morgan fingerprint density at radius 3 is 2.50 bits per heavy atom. The lowest BCUT2D eigenvalue weighted by atomic mass is 9.99. The molecule has 0 fully saturated rings. The van der Waals surface area contributed by atoms with Crippen molar-refractivity contribution >= 4 is 15.9 Å². The third-order valence-corrected chi connectivity index (χ3v) is 3.91. The van der Waals surface area contributed by atoms with Gasteiger partial charge in [-0.05, 0) is 37.6 Å². The molecule has 1 rings (SSSR count). The van der Waals surface area contributed by atoms with E-state index in [1.54, 1.807) is 0 Å². The molecule has 1 aromatic carbocycles. The van der Waals surface area contributed by atoms with Crippen LogP contribution >= 0.6 is 15.9 Å². The molecule has 0 heterocycles. The van der Waals surface area contributed by atoms with Crippen LogP contribution < -0.4 is 10.1 Å². The minimum absolute atomic E-state index is 0.0107. The molecule has 0 aromatic heterocycles. The van der Waals surface area contributed by atoms with E-state index in [-0.39, 0.29) is 12.5 Å². The first kappa shape index (κ1) is 17.3. The van der Waals surface area contributed by atoms with Crippen LogP contribution in [0.25, 0.3) is 0 Å². The molecular weight excluding hydrogens is 335 g/mol. The van der Waals surface area contributed by atoms with E-state index in [1.807, 2.05) is 26.0 Å². The summed E-state index contributed by atoms with van der Waals surface area (Å²) in [6.07, 6.45) is -4.98. The molecular formula is C14H19BrF3NO. The van der Waals surface area contributed by atoms with E-state index in [4.69, 9.17) is 4.74 Å². The molecule has 6 heteroatoms. The van der Waals surface area contributed by atoms with Gasteiger partial charge in [0, 0.05) is 22.5 Å². The second kappa shape index (κ2) is 7.31. The van der Waals surface area contributed by atoms with Gasteiger partial charge in [0.2, 0.25) is 0 Å². The summed E-state index contributed by atoms with van der Waals surface area (Å²) in [6, 6.07) is 3.28. The summed E-state index contributed by atoms with van der Waals surface area (Å²) in [5, 5.41) is 3.09. The monoisotopic (exact) mass is 353 g/mol. The van der Waals surface area contributed by atoms with Gasteiger partial charge in [-0.2, -0.15) is 13.2 Å². The fraction of sp³-hybridized carbons (Fsp3) is 0.571. The topological polar surface area (TPSA) is 21.3 Å². The van der Waals surface area contributed by atoms with Crippen molar-refractivity contribution < 1.29 is 17.9 Å². The predicted molar refractivity (Wildman–Crippen MR) is 77.1 cm³/mol. The number of benzene rings is 1. The van der Waals surface area contributed by atoms with Crippen molar-refractivity contribution in [1.29, 1.82) is 0 Å². The fourth-order valence-corrected chi connectivity index (χ4v) is 2.40. The lowest BCUT2D eigenvalue weighted by Gasteiger charge is -2.22. The highest BCUT2D eigenvalue weighted by Gasteiger charge is 2.29. The molecule has 0 amide bonds. The Bertz CT molecular complexity index is 449. The first-order chi connectivity index (χ1) is 9.28. The molecule has 114 valence electrons. The van der Waals surface area contributed by atoms with Crippen LogP contribution in [0.2, 0.25) is 0 Å². The van der Waals surface area contributed by atoms with E-state index in [0.717, 1.165) is 15.6 Å². The van der Waals surface area contributed by atoms with Crippen molar-refractivity contribution in [3.63, 3.8) is 0 Å². The van der Waals surface area contributed by atoms with E-state index in [1.165, 1.54) is 7.11 Å². The maximum absolute atomic E-state index is 12.4. The van der Waals surface area contributed by atoms with Gasteiger partial charge in [-0.1, -0.05) is 22.9 Å². The lowest BCUT2D eigenvalue weighted by Crippen LogP contribution is -2.23. The van der Waals surface area contributed by atoms with Crippen LogP contribution in [0.1, 0.15) is 36.9 Å². The first-order valence-corrected chi connectivity index (χ1v) is 7.22. The predicted octanol–water partition coefficient (Wildman–Crippen LogP) is 4.76. The van der Waals surface area contributed by atoms with Crippen LogP contribution in [0.3, 0.4) is 0 Å². The molecule has 0 aliphatic heterocycles. The average Bonchev–Trinajstić information content (AvgIpc) is 2.36. The second-order valence-electron chi connectivity index (χ2n) is 4.61. The molecule has 0 radical (unpaired) electrons. The number of methoxy groups -OCH3 is 1. The minimum Gasteiger partial charge on any atom is -0.496 e. The van der Waals surface area contributed by atoms with Gasteiger partial charge in [-0.25, -0.2) is 0 Å². The Balaban J connectivity index is 3.04. The summed E-state index contributed by atoms with van der Waals surface area (Å²) in [5.74, 6) is 0.610. The number of aryl methyl sites for hydroxylation is 1. The van der Waals surface area contributed by atoms with Gasteiger partial charge < -0.3 is 10.1 Å². The van der Waals surface area contributed by atoms with Crippen molar-refractivity contribution in [3.8, 4) is 5.75 Å². The zero-order chi connectivity index (χ0) is 15.3. The van der Waals surface area contributed by atoms with Crippen LogP contribution in [-0.4, -0.2) is 19.8 Å². The molecule has 0 saturated heterocycles. The van der Waals surface area contributed by atoms with Crippen LogP contribution in [0.5, 0.6) is 5.75 Å². The zero-order valence-corrected chi connectivity index (χ0v) is 13.4. The lowest BCUT2D eigenvalue weighted by molar-refractivity contribution is -0.136. The van der Waals surface area contributed by atoms with Gasteiger partial charge in [-0.15, -0.1) is 0 Å². The summed E-state index contributed by atoms with van der Waals surface area (Å²) in [7, 11) is 1.53. The van der Waals surface area contributed by atoms with Crippen molar-refractivity contribution in [1.82, 2.24) is 5.32 Å². The van der Waals surface area contributed by atoms with Crippen LogP contribution in [-0.2, 0) is 0 Å². The molecule has 0 aliphatic carbocycles. The summed E-state index contributed by atoms with van der Waals surface area (Å²) < 4.78 is 43.5. The summed E-state index contributed by atoms with van der Waals surface area (Å²) in [4.78, 5) is 0. The molecule has 0 saturated carbocycles. The Morgan fingerprint density at radius 2 is 2.00 bits per heavy atom. The van der Waals surface area contributed by atoms with Gasteiger partial charge in [0.05, 0.1) is 7.11 Å². The summed E-state index contributed by atoms with van der Waals surface area (Å²) in [6.45, 7) is 4.38. The highest BCUT2D eigenvalue weighted by atomic mass is 79.9. The second-order valence-corrected chi connectivity index (χ2v) is 5.46. The van der Waals surface area contributed by atoms with Gasteiger partial charge in [-0.3, -0.25) is 0 Å². The average molecular weight is 354 g/mol. The van der Waals surface area contributed by atoms with E-state index in [2.05, 4.69) is 21.2 Å². The number of ether oxygens (including phenoxy) is 1. The zero-order valence-electron chi connectivity index (χ0n) is 11.8. The summed E-state index contributed by atoms with van der Waals surface area (Å²) in [5.41, 5.74) is 1.73. The van der Waals surface area contributed by atoms with Crippen LogP contribution in [0.15, 0.2) is 16.6 Å². The standard InChI is InChI=1S/C14H19BrF3NO/c1-4-19-12(5-6-14(16,17)18)10-8-11(15)9(2)7-13(10)20-3/h7-8,12,19H,4-6H2,1-3H3. The molecule has 1 atom stereocenters. The molecule has 2 nitrogen and oxygen atoms in total. The summed E-state index contributed by atoms with van der Waals surface area (Å²) >= 11 is 3.41. The Kier molecular flexibility index (Phi) is 6.33. The van der Waals surface area contributed by atoms with E-state index < -0.39 is 12.6 Å². The Labute approximate surface area is 125 Å². The largest absolute Gasteiger partial charge is 0.496 e. The fourth-order valence-electron chi connectivity index (χ4n) is 2.04. The molecule has 0 aliphatic rings. The molecule has 1 aromatic rings.